The average molecular weight is 365 g/mol. The fourth-order valence-corrected chi connectivity index (χ4v) is 2.81. The molecule has 0 aromatic heterocycles. The highest BCUT2D eigenvalue weighted by Crippen LogP contribution is 2.20. The zero-order chi connectivity index (χ0) is 18.9. The summed E-state index contributed by atoms with van der Waals surface area (Å²) >= 11 is 0. The molecule has 2 N–H and O–H groups in total. The van der Waals surface area contributed by atoms with Gasteiger partial charge in [0.05, 0.1) is 25.4 Å². The van der Waals surface area contributed by atoms with Gasteiger partial charge in [0.25, 0.3) is 0 Å². The van der Waals surface area contributed by atoms with Gasteiger partial charge in [-0.05, 0) is 50.3 Å². The van der Waals surface area contributed by atoms with E-state index in [1.165, 1.54) is 19.2 Å². The largest absolute Gasteiger partial charge is 0.496 e. The summed E-state index contributed by atoms with van der Waals surface area (Å²) in [5.74, 6) is -0.684. The third-order valence-corrected chi connectivity index (χ3v) is 4.40. The lowest BCUT2D eigenvalue weighted by Gasteiger charge is -2.23. The predicted molar refractivity (Wildman–Crippen MR) is 95.7 cm³/mol. The molecule has 0 spiro atoms. The second-order valence-corrected chi connectivity index (χ2v) is 6.34. The summed E-state index contributed by atoms with van der Waals surface area (Å²) in [5.41, 5.74) is 1.00. The van der Waals surface area contributed by atoms with Crippen molar-refractivity contribution in [2.75, 3.05) is 26.9 Å². The number of carbonyl (C=O) groups is 2. The third-order valence-electron chi connectivity index (χ3n) is 4.40. The van der Waals surface area contributed by atoms with Crippen LogP contribution in [0, 0.1) is 0 Å². The number of benzene rings is 1. The number of rotatable bonds is 9. The first-order valence-corrected chi connectivity index (χ1v) is 8.92. The fraction of sp³-hybridized carbons (Fsp3) is 0.579. The Labute approximate surface area is 153 Å². The molecule has 1 aliphatic heterocycles. The van der Waals surface area contributed by atoms with E-state index in [9.17, 15) is 9.59 Å². The summed E-state index contributed by atoms with van der Waals surface area (Å²) in [4.78, 5) is 23.1. The molecule has 7 nitrogen and oxygen atoms in total. The lowest BCUT2D eigenvalue weighted by molar-refractivity contribution is -0.135. The van der Waals surface area contributed by atoms with Crippen LogP contribution in [-0.2, 0) is 20.7 Å². The van der Waals surface area contributed by atoms with Crippen LogP contribution in [-0.4, -0.2) is 56.1 Å². The van der Waals surface area contributed by atoms with Crippen molar-refractivity contribution in [1.29, 1.82) is 0 Å². The summed E-state index contributed by atoms with van der Waals surface area (Å²) in [5, 5.41) is 11.8. The molecule has 26 heavy (non-hydrogen) atoms. The molecular weight excluding hydrogens is 338 g/mol. The number of carbonyl (C=O) groups excluding carboxylic acids is 1. The molecule has 0 saturated carbocycles. The lowest BCUT2D eigenvalue weighted by Crippen LogP contribution is -2.37. The van der Waals surface area contributed by atoms with Gasteiger partial charge in [0.15, 0.2) is 0 Å². The predicted octanol–water partition coefficient (Wildman–Crippen LogP) is 2.03. The maximum absolute atomic E-state index is 12.1. The Morgan fingerprint density at radius 3 is 2.85 bits per heavy atom. The van der Waals surface area contributed by atoms with Crippen LogP contribution in [0.4, 0.5) is 0 Å². The van der Waals surface area contributed by atoms with Crippen molar-refractivity contribution < 1.29 is 28.9 Å². The number of nitrogens with one attached hydrogen (secondary N) is 1. The zero-order valence-electron chi connectivity index (χ0n) is 15.3. The topological polar surface area (TPSA) is 94.1 Å². The normalized spacial score (nSPS) is 18.2. The molecule has 7 heteroatoms. The highest BCUT2D eigenvalue weighted by atomic mass is 16.5. The molecule has 1 saturated heterocycles. The molecule has 1 aromatic rings. The second kappa shape index (κ2) is 10.1. The third kappa shape index (κ3) is 6.00. The molecule has 0 bridgehead atoms. The number of carboxylic acid groups (broad SMARTS) is 1. The van der Waals surface area contributed by atoms with Gasteiger partial charge in [-0.2, -0.15) is 0 Å². The maximum atomic E-state index is 12.1. The quantitative estimate of drug-likeness (QED) is 0.695. The second-order valence-electron chi connectivity index (χ2n) is 6.34. The SMILES string of the molecule is COc1cc(C(=O)O)ccc1CCNC(=O)C(C)OCC1CCCCO1. The molecule has 1 aliphatic rings. The molecule has 2 unspecified atom stereocenters. The number of amides is 1. The fourth-order valence-electron chi connectivity index (χ4n) is 2.81. The Hall–Kier alpha value is -2.12. The first-order valence-electron chi connectivity index (χ1n) is 8.92. The minimum atomic E-state index is -1.00. The standard InChI is InChI=1S/C19H27NO6/c1-13(26-12-16-5-3-4-10-25-16)18(21)20-9-8-14-6-7-15(19(22)23)11-17(14)24-2/h6-7,11,13,16H,3-5,8-10,12H2,1-2H3,(H,20,21)(H,22,23). The van der Waals surface area contributed by atoms with E-state index in [0.717, 1.165) is 31.4 Å². The number of hydrogen-bond acceptors (Lipinski definition) is 5. The van der Waals surface area contributed by atoms with Crippen LogP contribution >= 0.6 is 0 Å². The first-order chi connectivity index (χ1) is 12.5. The first kappa shape index (κ1) is 20.2. The van der Waals surface area contributed by atoms with Gasteiger partial charge in [0.1, 0.15) is 11.9 Å². The van der Waals surface area contributed by atoms with Crippen molar-refractivity contribution in [1.82, 2.24) is 5.32 Å². The lowest BCUT2D eigenvalue weighted by atomic mass is 10.1. The highest BCUT2D eigenvalue weighted by Gasteiger charge is 2.18. The van der Waals surface area contributed by atoms with E-state index in [-0.39, 0.29) is 17.6 Å². The van der Waals surface area contributed by atoms with Crippen LogP contribution in [0.3, 0.4) is 0 Å². The number of aromatic carboxylic acids is 1. The van der Waals surface area contributed by atoms with Gasteiger partial charge in [-0.3, -0.25) is 4.79 Å². The molecule has 1 heterocycles. The van der Waals surface area contributed by atoms with Crippen molar-refractivity contribution in [3.8, 4) is 5.75 Å². The minimum absolute atomic E-state index is 0.0796. The Balaban J connectivity index is 1.75. The van der Waals surface area contributed by atoms with E-state index in [4.69, 9.17) is 19.3 Å². The Morgan fingerprint density at radius 2 is 2.19 bits per heavy atom. The summed E-state index contributed by atoms with van der Waals surface area (Å²) < 4.78 is 16.4. The van der Waals surface area contributed by atoms with E-state index in [1.54, 1.807) is 13.0 Å². The van der Waals surface area contributed by atoms with Gasteiger partial charge in [-0.15, -0.1) is 0 Å². The number of methoxy groups -OCH3 is 1. The molecular formula is C19H27NO6. The number of hydrogen-bond donors (Lipinski definition) is 2. The number of carboxylic acids is 1. The average Bonchev–Trinajstić information content (AvgIpc) is 2.66. The van der Waals surface area contributed by atoms with Crippen LogP contribution in [0.2, 0.25) is 0 Å². The van der Waals surface area contributed by atoms with E-state index in [2.05, 4.69) is 5.32 Å². The molecule has 144 valence electrons. The van der Waals surface area contributed by atoms with Crippen LogP contribution in [0.1, 0.15) is 42.1 Å². The van der Waals surface area contributed by atoms with Gasteiger partial charge in [-0.25, -0.2) is 4.79 Å². The molecule has 2 rings (SSSR count). The molecule has 1 amide bonds. The Kier molecular flexibility index (Phi) is 7.87. The molecule has 1 fully saturated rings. The number of ether oxygens (including phenoxy) is 3. The van der Waals surface area contributed by atoms with E-state index in [1.807, 2.05) is 0 Å². The van der Waals surface area contributed by atoms with Gasteiger partial charge in [0.2, 0.25) is 5.91 Å². The summed E-state index contributed by atoms with van der Waals surface area (Å²) in [6.07, 6.45) is 3.27. The smallest absolute Gasteiger partial charge is 0.335 e. The van der Waals surface area contributed by atoms with Gasteiger partial charge >= 0.3 is 5.97 Å². The van der Waals surface area contributed by atoms with E-state index < -0.39 is 12.1 Å². The highest BCUT2D eigenvalue weighted by molar-refractivity contribution is 5.88. The van der Waals surface area contributed by atoms with Crippen molar-refractivity contribution in [2.24, 2.45) is 0 Å². The summed E-state index contributed by atoms with van der Waals surface area (Å²) in [7, 11) is 1.49. The van der Waals surface area contributed by atoms with Crippen molar-refractivity contribution >= 4 is 11.9 Å². The summed E-state index contributed by atoms with van der Waals surface area (Å²) in [6, 6.07) is 4.71. The Bertz CT molecular complexity index is 612. The molecule has 2 atom stereocenters. The van der Waals surface area contributed by atoms with Crippen LogP contribution in [0.15, 0.2) is 18.2 Å². The van der Waals surface area contributed by atoms with Crippen LogP contribution in [0.25, 0.3) is 0 Å². The zero-order valence-corrected chi connectivity index (χ0v) is 15.3. The van der Waals surface area contributed by atoms with Crippen LogP contribution < -0.4 is 10.1 Å². The van der Waals surface area contributed by atoms with Crippen LogP contribution in [0.5, 0.6) is 5.75 Å². The van der Waals surface area contributed by atoms with Crippen molar-refractivity contribution in [3.05, 3.63) is 29.3 Å². The monoisotopic (exact) mass is 365 g/mol. The maximum Gasteiger partial charge on any atom is 0.335 e. The van der Waals surface area contributed by atoms with Gasteiger partial charge in [-0.1, -0.05) is 6.07 Å². The Morgan fingerprint density at radius 1 is 1.38 bits per heavy atom. The van der Waals surface area contributed by atoms with E-state index >= 15 is 0 Å². The van der Waals surface area contributed by atoms with Gasteiger partial charge in [0, 0.05) is 13.2 Å². The molecule has 0 radical (unpaired) electrons. The molecule has 0 aliphatic carbocycles. The van der Waals surface area contributed by atoms with Crippen molar-refractivity contribution in [3.63, 3.8) is 0 Å². The van der Waals surface area contributed by atoms with Gasteiger partial charge < -0.3 is 24.6 Å². The van der Waals surface area contributed by atoms with E-state index in [0.29, 0.717) is 25.3 Å². The van der Waals surface area contributed by atoms with Crippen molar-refractivity contribution in [2.45, 2.75) is 44.8 Å². The minimum Gasteiger partial charge on any atom is -0.496 e. The molecule has 1 aromatic carbocycles. The summed E-state index contributed by atoms with van der Waals surface area (Å²) in [6.45, 7) is 3.33.